The molecule has 0 aliphatic carbocycles. The van der Waals surface area contributed by atoms with Crippen LogP contribution in [-0.2, 0) is 15.8 Å². The van der Waals surface area contributed by atoms with Gasteiger partial charge in [0.2, 0.25) is 5.91 Å². The maximum atomic E-state index is 12.6. The average molecular weight is 369 g/mol. The number of carbonyl (C=O) groups excluding carboxylic acids is 2. The second-order valence-corrected chi connectivity index (χ2v) is 6.15. The number of anilines is 1. The van der Waals surface area contributed by atoms with E-state index in [0.29, 0.717) is 44.1 Å². The minimum atomic E-state index is -4.41. The van der Waals surface area contributed by atoms with E-state index in [1.807, 2.05) is 4.90 Å². The van der Waals surface area contributed by atoms with Crippen molar-refractivity contribution in [2.24, 2.45) is 5.10 Å². The normalized spacial score (nSPS) is 18.8. The molecule has 10 heteroatoms. The fourth-order valence-electron chi connectivity index (χ4n) is 2.89. The topological polar surface area (TPSA) is 69.1 Å². The lowest BCUT2D eigenvalue weighted by Gasteiger charge is -2.36. The van der Waals surface area contributed by atoms with Gasteiger partial charge in [0.15, 0.2) is 0 Å². The van der Waals surface area contributed by atoms with Crippen molar-refractivity contribution >= 4 is 23.3 Å². The summed E-state index contributed by atoms with van der Waals surface area (Å²) in [4.78, 5) is 31.3. The van der Waals surface area contributed by atoms with Crippen molar-refractivity contribution in [2.45, 2.75) is 19.0 Å². The maximum absolute atomic E-state index is 12.6. The zero-order valence-corrected chi connectivity index (χ0v) is 14.2. The van der Waals surface area contributed by atoms with Crippen LogP contribution in [0.4, 0.5) is 19.0 Å². The van der Waals surface area contributed by atoms with E-state index in [2.05, 4.69) is 10.1 Å². The molecule has 1 aromatic heterocycles. The van der Waals surface area contributed by atoms with E-state index in [1.54, 1.807) is 4.90 Å². The van der Waals surface area contributed by atoms with E-state index in [-0.39, 0.29) is 18.2 Å². The molecule has 0 spiro atoms. The van der Waals surface area contributed by atoms with Gasteiger partial charge in [-0.2, -0.15) is 18.3 Å². The zero-order chi connectivity index (χ0) is 18.9. The summed E-state index contributed by atoms with van der Waals surface area (Å²) in [6.45, 7) is 1.76. The quantitative estimate of drug-likeness (QED) is 0.789. The number of amides is 2. The number of hydrazone groups is 1. The third-order valence-electron chi connectivity index (χ3n) is 4.42. The molecule has 0 aromatic carbocycles. The van der Waals surface area contributed by atoms with E-state index in [1.165, 1.54) is 18.1 Å². The Kier molecular flexibility index (Phi) is 4.84. The second-order valence-electron chi connectivity index (χ2n) is 6.15. The van der Waals surface area contributed by atoms with Crippen LogP contribution in [0.1, 0.15) is 18.4 Å². The molecule has 0 N–H and O–H groups in total. The molecule has 1 fully saturated rings. The standard InChI is InChI=1S/C16H18F3N5O2/c1-22-14(25)5-3-12(21-22)15(26)24-8-6-23(7-9-24)13-4-2-11(10-20-13)16(17,18)19/h2,4,10H,3,5-9H2,1H3. The molecule has 26 heavy (non-hydrogen) atoms. The van der Waals surface area contributed by atoms with Crippen molar-refractivity contribution in [2.75, 3.05) is 38.1 Å². The van der Waals surface area contributed by atoms with Crippen LogP contribution in [0.15, 0.2) is 23.4 Å². The van der Waals surface area contributed by atoms with Gasteiger partial charge in [-0.05, 0) is 12.1 Å². The number of pyridine rings is 1. The highest BCUT2D eigenvalue weighted by Crippen LogP contribution is 2.29. The van der Waals surface area contributed by atoms with Crippen LogP contribution in [0.2, 0.25) is 0 Å². The summed E-state index contributed by atoms with van der Waals surface area (Å²) in [5, 5.41) is 5.20. The third kappa shape index (κ3) is 3.78. The van der Waals surface area contributed by atoms with Crippen molar-refractivity contribution in [3.8, 4) is 0 Å². The van der Waals surface area contributed by atoms with E-state index in [0.717, 1.165) is 12.3 Å². The summed E-state index contributed by atoms with van der Waals surface area (Å²) in [6.07, 6.45) is -3.01. The SMILES string of the molecule is CN1N=C(C(=O)N2CCN(c3ccc(C(F)(F)F)cn3)CC2)CCC1=O. The van der Waals surface area contributed by atoms with Crippen LogP contribution < -0.4 is 4.90 Å². The molecule has 0 unspecified atom stereocenters. The number of aromatic nitrogens is 1. The highest BCUT2D eigenvalue weighted by atomic mass is 19.4. The Morgan fingerprint density at radius 3 is 2.35 bits per heavy atom. The Bertz CT molecular complexity index is 724. The first kappa shape index (κ1) is 18.2. The molecule has 2 aliphatic heterocycles. The number of halogens is 3. The number of rotatable bonds is 2. The van der Waals surface area contributed by atoms with E-state index < -0.39 is 11.7 Å². The Labute approximate surface area is 148 Å². The van der Waals surface area contributed by atoms with Gasteiger partial charge in [0.25, 0.3) is 5.91 Å². The summed E-state index contributed by atoms with van der Waals surface area (Å²) >= 11 is 0. The highest BCUT2D eigenvalue weighted by Gasteiger charge is 2.32. The lowest BCUT2D eigenvalue weighted by atomic mass is 10.1. The number of carbonyl (C=O) groups is 2. The third-order valence-corrected chi connectivity index (χ3v) is 4.42. The Hall–Kier alpha value is -2.65. The lowest BCUT2D eigenvalue weighted by molar-refractivity contribution is -0.138. The molecule has 1 aromatic rings. The molecular weight excluding hydrogens is 351 g/mol. The molecule has 2 amide bonds. The average Bonchev–Trinajstić information content (AvgIpc) is 2.63. The maximum Gasteiger partial charge on any atom is 0.417 e. The van der Waals surface area contributed by atoms with Crippen molar-refractivity contribution < 1.29 is 22.8 Å². The molecule has 3 heterocycles. The fourth-order valence-corrected chi connectivity index (χ4v) is 2.89. The van der Waals surface area contributed by atoms with Crippen LogP contribution in [-0.4, -0.2) is 65.6 Å². The molecule has 2 aliphatic rings. The van der Waals surface area contributed by atoms with Gasteiger partial charge in [0.1, 0.15) is 11.5 Å². The Morgan fingerprint density at radius 1 is 1.12 bits per heavy atom. The lowest BCUT2D eigenvalue weighted by Crippen LogP contribution is -2.51. The van der Waals surface area contributed by atoms with Crippen LogP contribution in [0.3, 0.4) is 0 Å². The van der Waals surface area contributed by atoms with Gasteiger partial charge < -0.3 is 9.80 Å². The van der Waals surface area contributed by atoms with E-state index >= 15 is 0 Å². The number of hydrogen-bond acceptors (Lipinski definition) is 5. The number of nitrogens with zero attached hydrogens (tertiary/aromatic N) is 5. The first-order chi connectivity index (χ1) is 12.3. The Morgan fingerprint density at radius 2 is 1.81 bits per heavy atom. The molecule has 0 atom stereocenters. The van der Waals surface area contributed by atoms with Gasteiger partial charge in [0.05, 0.1) is 5.56 Å². The van der Waals surface area contributed by atoms with Crippen molar-refractivity contribution in [1.29, 1.82) is 0 Å². The van der Waals surface area contributed by atoms with Crippen LogP contribution >= 0.6 is 0 Å². The molecule has 1 saturated heterocycles. The van der Waals surface area contributed by atoms with E-state index in [4.69, 9.17) is 0 Å². The van der Waals surface area contributed by atoms with Gasteiger partial charge in [-0.15, -0.1) is 0 Å². The molecule has 7 nitrogen and oxygen atoms in total. The minimum absolute atomic E-state index is 0.125. The van der Waals surface area contributed by atoms with Gasteiger partial charge in [0, 0.05) is 52.3 Å². The summed E-state index contributed by atoms with van der Waals surface area (Å²) in [5.74, 6) is 0.120. The summed E-state index contributed by atoms with van der Waals surface area (Å²) in [6, 6.07) is 2.34. The first-order valence-corrected chi connectivity index (χ1v) is 8.17. The predicted molar refractivity (Wildman–Crippen MR) is 87.5 cm³/mol. The Balaban J connectivity index is 1.60. The largest absolute Gasteiger partial charge is 0.417 e. The van der Waals surface area contributed by atoms with Crippen LogP contribution in [0.25, 0.3) is 0 Å². The molecule has 0 radical (unpaired) electrons. The summed E-state index contributed by atoms with van der Waals surface area (Å²) in [5.41, 5.74) is -0.433. The van der Waals surface area contributed by atoms with Gasteiger partial charge in [-0.25, -0.2) is 9.99 Å². The van der Waals surface area contributed by atoms with Gasteiger partial charge >= 0.3 is 6.18 Å². The smallest absolute Gasteiger partial charge is 0.353 e. The van der Waals surface area contributed by atoms with Crippen molar-refractivity contribution in [1.82, 2.24) is 14.9 Å². The van der Waals surface area contributed by atoms with Crippen LogP contribution in [0, 0.1) is 0 Å². The number of hydrogen-bond donors (Lipinski definition) is 0. The highest BCUT2D eigenvalue weighted by molar-refractivity contribution is 6.39. The van der Waals surface area contributed by atoms with Gasteiger partial charge in [-0.1, -0.05) is 0 Å². The monoisotopic (exact) mass is 369 g/mol. The number of alkyl halides is 3. The molecule has 0 saturated carbocycles. The molecular formula is C16H18F3N5O2. The molecule has 0 bridgehead atoms. The van der Waals surface area contributed by atoms with Crippen molar-refractivity contribution in [3.63, 3.8) is 0 Å². The first-order valence-electron chi connectivity index (χ1n) is 8.17. The summed E-state index contributed by atoms with van der Waals surface area (Å²) < 4.78 is 37.8. The fraction of sp³-hybridized carbons (Fsp3) is 0.500. The minimum Gasteiger partial charge on any atom is -0.353 e. The summed E-state index contributed by atoms with van der Waals surface area (Å²) in [7, 11) is 1.52. The zero-order valence-electron chi connectivity index (χ0n) is 14.2. The van der Waals surface area contributed by atoms with Crippen molar-refractivity contribution in [3.05, 3.63) is 23.9 Å². The van der Waals surface area contributed by atoms with Crippen LogP contribution in [0.5, 0.6) is 0 Å². The second kappa shape index (κ2) is 6.93. The molecule has 140 valence electrons. The van der Waals surface area contributed by atoms with Gasteiger partial charge in [-0.3, -0.25) is 9.59 Å². The predicted octanol–water partition coefficient (Wildman–Crippen LogP) is 1.36. The molecule has 3 rings (SSSR count). The number of piperazine rings is 1. The van der Waals surface area contributed by atoms with E-state index in [9.17, 15) is 22.8 Å².